The van der Waals surface area contributed by atoms with Crippen LogP contribution in [0.4, 0.5) is 10.1 Å². The van der Waals surface area contributed by atoms with Crippen LogP contribution in [0.5, 0.6) is 0 Å². The van der Waals surface area contributed by atoms with Crippen molar-refractivity contribution in [3.8, 4) is 11.5 Å². The minimum absolute atomic E-state index is 0.325. The fourth-order valence-corrected chi connectivity index (χ4v) is 2.10. The van der Waals surface area contributed by atoms with Gasteiger partial charge in [-0.15, -0.1) is 0 Å². The molecule has 5 heteroatoms. The second-order valence-corrected chi connectivity index (χ2v) is 4.70. The van der Waals surface area contributed by atoms with Crippen molar-refractivity contribution in [3.63, 3.8) is 0 Å². The van der Waals surface area contributed by atoms with Gasteiger partial charge < -0.3 is 10.2 Å². The molecule has 0 fully saturated rings. The van der Waals surface area contributed by atoms with Crippen LogP contribution < -0.4 is 5.73 Å². The van der Waals surface area contributed by atoms with Gasteiger partial charge in [-0.1, -0.05) is 6.07 Å². The van der Waals surface area contributed by atoms with Crippen LogP contribution in [-0.2, 0) is 0 Å². The van der Waals surface area contributed by atoms with Gasteiger partial charge in [-0.05, 0) is 46.3 Å². The molecule has 2 aromatic carbocycles. The minimum atomic E-state index is -0.325. The molecular weight excluding hydrogens is 299 g/mol. The van der Waals surface area contributed by atoms with Gasteiger partial charge in [-0.25, -0.2) is 9.37 Å². The van der Waals surface area contributed by atoms with Gasteiger partial charge in [-0.2, -0.15) is 0 Å². The van der Waals surface area contributed by atoms with Crippen molar-refractivity contribution in [2.24, 2.45) is 0 Å². The number of hydrogen-bond donors (Lipinski definition) is 1. The molecule has 0 spiro atoms. The Balaban J connectivity index is 2.19. The molecule has 0 aliphatic heterocycles. The van der Waals surface area contributed by atoms with E-state index in [1.807, 2.05) is 0 Å². The number of aromatic nitrogens is 1. The lowest BCUT2D eigenvalue weighted by molar-refractivity contribution is 0.613. The quantitative estimate of drug-likeness (QED) is 0.692. The standard InChI is InChI=1S/C13H8BrFN2O/c14-8-6-7(4-5-9(8)15)13-17-12-10(16)2-1-3-11(12)18-13/h1-6H,16H2. The summed E-state index contributed by atoms with van der Waals surface area (Å²) in [6.45, 7) is 0. The van der Waals surface area contributed by atoms with Crippen molar-refractivity contribution in [3.05, 3.63) is 46.7 Å². The normalized spacial score (nSPS) is 11.0. The molecule has 3 rings (SSSR count). The van der Waals surface area contributed by atoms with Crippen molar-refractivity contribution in [2.45, 2.75) is 0 Å². The summed E-state index contributed by atoms with van der Waals surface area (Å²) in [5, 5.41) is 0. The molecule has 90 valence electrons. The number of benzene rings is 2. The molecule has 2 N–H and O–H groups in total. The van der Waals surface area contributed by atoms with Crippen LogP contribution in [-0.4, -0.2) is 4.98 Å². The van der Waals surface area contributed by atoms with Crippen molar-refractivity contribution < 1.29 is 8.81 Å². The number of fused-ring (bicyclic) bond motifs is 1. The third-order valence-corrected chi connectivity index (χ3v) is 3.22. The second kappa shape index (κ2) is 4.10. The van der Waals surface area contributed by atoms with Crippen molar-refractivity contribution in [2.75, 3.05) is 5.73 Å². The molecule has 18 heavy (non-hydrogen) atoms. The van der Waals surface area contributed by atoms with Crippen LogP contribution >= 0.6 is 15.9 Å². The third-order valence-electron chi connectivity index (χ3n) is 2.62. The van der Waals surface area contributed by atoms with Crippen LogP contribution in [0, 0.1) is 5.82 Å². The van der Waals surface area contributed by atoms with E-state index in [1.165, 1.54) is 6.07 Å². The van der Waals surface area contributed by atoms with Gasteiger partial charge in [0, 0.05) is 5.56 Å². The van der Waals surface area contributed by atoms with Crippen LogP contribution in [0.15, 0.2) is 45.3 Å². The van der Waals surface area contributed by atoms with Crippen molar-refractivity contribution in [1.82, 2.24) is 4.98 Å². The summed E-state index contributed by atoms with van der Waals surface area (Å²) in [7, 11) is 0. The molecule has 0 atom stereocenters. The van der Waals surface area contributed by atoms with Gasteiger partial charge in [0.15, 0.2) is 5.58 Å². The molecule has 0 aliphatic rings. The van der Waals surface area contributed by atoms with E-state index in [4.69, 9.17) is 10.2 Å². The monoisotopic (exact) mass is 306 g/mol. The molecule has 1 heterocycles. The summed E-state index contributed by atoms with van der Waals surface area (Å²) < 4.78 is 19.1. The maximum absolute atomic E-state index is 13.2. The lowest BCUT2D eigenvalue weighted by Gasteiger charge is -1.97. The van der Waals surface area contributed by atoms with E-state index in [1.54, 1.807) is 30.3 Å². The Bertz CT molecular complexity index is 739. The molecule has 0 unspecified atom stereocenters. The molecule has 0 saturated heterocycles. The first kappa shape index (κ1) is 11.2. The highest BCUT2D eigenvalue weighted by Crippen LogP contribution is 2.29. The molecule has 0 aliphatic carbocycles. The smallest absolute Gasteiger partial charge is 0.227 e. The van der Waals surface area contributed by atoms with E-state index in [-0.39, 0.29) is 5.82 Å². The first-order chi connectivity index (χ1) is 8.65. The molecule has 0 bridgehead atoms. The first-order valence-electron chi connectivity index (χ1n) is 5.25. The van der Waals surface area contributed by atoms with E-state index in [0.717, 1.165) is 0 Å². The maximum atomic E-state index is 13.2. The van der Waals surface area contributed by atoms with Crippen LogP contribution in [0.3, 0.4) is 0 Å². The Morgan fingerprint density at radius 3 is 2.78 bits per heavy atom. The van der Waals surface area contributed by atoms with Gasteiger partial charge in [0.1, 0.15) is 11.3 Å². The van der Waals surface area contributed by atoms with E-state index in [9.17, 15) is 4.39 Å². The van der Waals surface area contributed by atoms with Gasteiger partial charge in [0.2, 0.25) is 5.89 Å². The van der Waals surface area contributed by atoms with Crippen LogP contribution in [0.25, 0.3) is 22.6 Å². The first-order valence-corrected chi connectivity index (χ1v) is 6.05. The van der Waals surface area contributed by atoms with Crippen LogP contribution in [0.1, 0.15) is 0 Å². The average Bonchev–Trinajstić information content (AvgIpc) is 2.78. The number of nitrogens with zero attached hydrogens (tertiary/aromatic N) is 1. The van der Waals surface area contributed by atoms with E-state index < -0.39 is 0 Å². The number of nitrogens with two attached hydrogens (primary N) is 1. The molecule has 3 aromatic rings. The molecule has 1 aromatic heterocycles. The zero-order valence-electron chi connectivity index (χ0n) is 9.15. The molecule has 0 saturated carbocycles. The van der Waals surface area contributed by atoms with Crippen molar-refractivity contribution in [1.29, 1.82) is 0 Å². The lowest BCUT2D eigenvalue weighted by atomic mass is 10.2. The molecular formula is C13H8BrFN2O. The third kappa shape index (κ3) is 1.76. The van der Waals surface area contributed by atoms with Gasteiger partial charge in [0.05, 0.1) is 10.2 Å². The summed E-state index contributed by atoms with van der Waals surface area (Å²) in [6, 6.07) is 9.94. The fourth-order valence-electron chi connectivity index (χ4n) is 1.72. The number of halogens is 2. The predicted molar refractivity (Wildman–Crippen MR) is 71.5 cm³/mol. The summed E-state index contributed by atoms with van der Waals surface area (Å²) in [4.78, 5) is 4.32. The minimum Gasteiger partial charge on any atom is -0.436 e. The molecule has 0 amide bonds. The summed E-state index contributed by atoms with van der Waals surface area (Å²) in [5.74, 6) is 0.0953. The van der Waals surface area contributed by atoms with E-state index in [2.05, 4.69) is 20.9 Å². The molecule has 0 radical (unpaired) electrons. The summed E-state index contributed by atoms with van der Waals surface area (Å²) in [5.41, 5.74) is 8.30. The van der Waals surface area contributed by atoms with Gasteiger partial charge in [-0.3, -0.25) is 0 Å². The fraction of sp³-hybridized carbons (Fsp3) is 0. The Kier molecular flexibility index (Phi) is 2.56. The van der Waals surface area contributed by atoms with Gasteiger partial charge >= 0.3 is 0 Å². The average molecular weight is 307 g/mol. The number of para-hydroxylation sites is 1. The highest BCUT2D eigenvalue weighted by Gasteiger charge is 2.11. The highest BCUT2D eigenvalue weighted by molar-refractivity contribution is 9.10. The zero-order valence-corrected chi connectivity index (χ0v) is 10.7. The number of oxazole rings is 1. The second-order valence-electron chi connectivity index (χ2n) is 3.84. The lowest BCUT2D eigenvalue weighted by Crippen LogP contribution is -1.85. The largest absolute Gasteiger partial charge is 0.436 e. The number of anilines is 1. The summed E-state index contributed by atoms with van der Waals surface area (Å²) in [6.07, 6.45) is 0. The van der Waals surface area contributed by atoms with Crippen LogP contribution in [0.2, 0.25) is 0 Å². The molecule has 3 nitrogen and oxygen atoms in total. The highest BCUT2D eigenvalue weighted by atomic mass is 79.9. The summed E-state index contributed by atoms with van der Waals surface area (Å²) >= 11 is 3.13. The number of hydrogen-bond acceptors (Lipinski definition) is 3. The van der Waals surface area contributed by atoms with Crippen molar-refractivity contribution >= 4 is 32.7 Å². The van der Waals surface area contributed by atoms with E-state index >= 15 is 0 Å². The topological polar surface area (TPSA) is 52.0 Å². The number of rotatable bonds is 1. The zero-order chi connectivity index (χ0) is 12.7. The van der Waals surface area contributed by atoms with Gasteiger partial charge in [0.25, 0.3) is 0 Å². The number of nitrogen functional groups attached to an aromatic ring is 1. The Morgan fingerprint density at radius 1 is 1.22 bits per heavy atom. The SMILES string of the molecule is Nc1cccc2oc(-c3ccc(F)c(Br)c3)nc12. The predicted octanol–water partition coefficient (Wildman–Crippen LogP) is 3.98. The Hall–Kier alpha value is -1.88. The van der Waals surface area contributed by atoms with E-state index in [0.29, 0.717) is 32.7 Å². The Labute approximate surface area is 111 Å². The maximum Gasteiger partial charge on any atom is 0.227 e. The Morgan fingerprint density at radius 2 is 2.06 bits per heavy atom.